The van der Waals surface area contributed by atoms with E-state index in [9.17, 15) is 9.90 Å². The Morgan fingerprint density at radius 3 is 2.27 bits per heavy atom. The van der Waals surface area contributed by atoms with Gasteiger partial charge in [0.25, 0.3) is 0 Å². The highest BCUT2D eigenvalue weighted by Crippen LogP contribution is 2.19. The Kier molecular flexibility index (Phi) is 6.39. The van der Waals surface area contributed by atoms with E-state index in [0.717, 1.165) is 36.2 Å². The lowest BCUT2D eigenvalue weighted by atomic mass is 9.89. The third kappa shape index (κ3) is 4.70. The maximum Gasteiger partial charge on any atom is 0.308 e. The Labute approximate surface area is 153 Å². The molecule has 0 amide bonds. The zero-order chi connectivity index (χ0) is 18.2. The van der Waals surface area contributed by atoms with Crippen molar-refractivity contribution in [1.29, 1.82) is 0 Å². The van der Waals surface area contributed by atoms with Gasteiger partial charge in [-0.1, -0.05) is 65.8 Å². The number of piperidine rings is 1. The molecular weight excluding hydrogens is 328 g/mol. The first-order chi connectivity index (χ1) is 12.8. The highest BCUT2D eigenvalue weighted by molar-refractivity contribution is 6.12. The average molecular weight is 352 g/mol. The fraction of sp³-hybridized carbons (Fsp3) is 0.333. The molecule has 0 saturated carbocycles. The van der Waals surface area contributed by atoms with E-state index in [2.05, 4.69) is 10.5 Å². The van der Waals surface area contributed by atoms with Crippen molar-refractivity contribution in [2.75, 3.05) is 13.2 Å². The first-order valence-electron chi connectivity index (χ1n) is 9.02. The number of carbonyl (C=O) groups is 1. The number of oxime groups is 1. The van der Waals surface area contributed by atoms with Gasteiger partial charge in [0.15, 0.2) is 0 Å². The van der Waals surface area contributed by atoms with Crippen molar-refractivity contribution in [2.24, 2.45) is 11.1 Å². The second-order valence-corrected chi connectivity index (χ2v) is 6.44. The Morgan fingerprint density at radius 2 is 1.69 bits per heavy atom. The van der Waals surface area contributed by atoms with Crippen LogP contribution in [0.25, 0.3) is 0 Å². The summed E-state index contributed by atoms with van der Waals surface area (Å²) in [6.45, 7) is 1.24. The number of benzene rings is 2. The fourth-order valence-corrected chi connectivity index (χ4v) is 3.31. The van der Waals surface area contributed by atoms with Gasteiger partial charge >= 0.3 is 5.97 Å². The molecule has 0 spiro atoms. The van der Waals surface area contributed by atoms with Gasteiger partial charge in [-0.15, -0.1) is 0 Å². The van der Waals surface area contributed by atoms with E-state index in [1.807, 2.05) is 60.7 Å². The van der Waals surface area contributed by atoms with E-state index in [4.69, 9.17) is 4.84 Å². The predicted octanol–water partition coefficient (Wildman–Crippen LogP) is 3.30. The molecule has 1 aliphatic rings. The van der Waals surface area contributed by atoms with Gasteiger partial charge in [0, 0.05) is 23.6 Å². The number of carboxylic acid groups (broad SMARTS) is 1. The van der Waals surface area contributed by atoms with Gasteiger partial charge in [0.2, 0.25) is 0 Å². The normalized spacial score (nSPS) is 19.5. The smallest absolute Gasteiger partial charge is 0.308 e. The van der Waals surface area contributed by atoms with Gasteiger partial charge in [0.1, 0.15) is 12.3 Å². The van der Waals surface area contributed by atoms with Crippen molar-refractivity contribution >= 4 is 11.7 Å². The number of aliphatic carboxylic acids is 1. The number of hydrogen-bond donors (Lipinski definition) is 2. The summed E-state index contributed by atoms with van der Waals surface area (Å²) in [6, 6.07) is 19.7. The largest absolute Gasteiger partial charge is 0.481 e. The molecule has 0 bridgehead atoms. The van der Waals surface area contributed by atoms with Crippen LogP contribution in [0.5, 0.6) is 0 Å². The molecule has 2 atom stereocenters. The quantitative estimate of drug-likeness (QED) is 0.456. The molecule has 136 valence electrons. The van der Waals surface area contributed by atoms with Crippen molar-refractivity contribution in [1.82, 2.24) is 5.32 Å². The van der Waals surface area contributed by atoms with Crippen molar-refractivity contribution < 1.29 is 14.7 Å². The number of rotatable bonds is 7. The number of nitrogens with zero attached hydrogens (tertiary/aromatic N) is 1. The number of hydrogen-bond acceptors (Lipinski definition) is 4. The molecule has 0 radical (unpaired) electrons. The van der Waals surface area contributed by atoms with E-state index in [0.29, 0.717) is 13.0 Å². The van der Waals surface area contributed by atoms with Crippen molar-refractivity contribution in [3.8, 4) is 0 Å². The van der Waals surface area contributed by atoms with Crippen molar-refractivity contribution in [3.63, 3.8) is 0 Å². The summed E-state index contributed by atoms with van der Waals surface area (Å²) in [5.74, 6) is -1.08. The van der Waals surface area contributed by atoms with Crippen LogP contribution in [0.2, 0.25) is 0 Å². The summed E-state index contributed by atoms with van der Waals surface area (Å²) in [5.41, 5.74) is 2.74. The van der Waals surface area contributed by atoms with Crippen molar-refractivity contribution in [2.45, 2.75) is 25.3 Å². The van der Waals surface area contributed by atoms with E-state index in [-0.39, 0.29) is 12.0 Å². The Bertz CT molecular complexity index is 690. The van der Waals surface area contributed by atoms with Crippen LogP contribution in [0, 0.1) is 5.92 Å². The molecule has 1 saturated heterocycles. The highest BCUT2D eigenvalue weighted by atomic mass is 16.6. The van der Waals surface area contributed by atoms with E-state index in [1.165, 1.54) is 0 Å². The lowest BCUT2D eigenvalue weighted by Crippen LogP contribution is -2.45. The Hall–Kier alpha value is -2.66. The summed E-state index contributed by atoms with van der Waals surface area (Å²) >= 11 is 0. The molecule has 1 fully saturated rings. The van der Waals surface area contributed by atoms with Crippen LogP contribution in [0.4, 0.5) is 0 Å². The lowest BCUT2D eigenvalue weighted by molar-refractivity contribution is -0.143. The SMILES string of the molecule is O=C(O)C1CCCNC1CCON=C(c1ccccc1)c1ccccc1. The molecule has 5 heteroatoms. The van der Waals surface area contributed by atoms with Gasteiger partial charge in [0.05, 0.1) is 5.92 Å². The van der Waals surface area contributed by atoms with Crippen molar-refractivity contribution in [3.05, 3.63) is 71.8 Å². The van der Waals surface area contributed by atoms with E-state index in [1.54, 1.807) is 0 Å². The number of carboxylic acids is 1. The first kappa shape index (κ1) is 18.1. The zero-order valence-electron chi connectivity index (χ0n) is 14.7. The van der Waals surface area contributed by atoms with Crippen LogP contribution < -0.4 is 5.32 Å². The Morgan fingerprint density at radius 1 is 1.08 bits per heavy atom. The maximum absolute atomic E-state index is 11.4. The summed E-state index contributed by atoms with van der Waals surface area (Å²) in [5, 5.41) is 17.0. The maximum atomic E-state index is 11.4. The minimum atomic E-state index is -0.736. The minimum Gasteiger partial charge on any atom is -0.481 e. The second kappa shape index (κ2) is 9.15. The van der Waals surface area contributed by atoms with Gasteiger partial charge in [-0.05, 0) is 19.4 Å². The molecule has 1 heterocycles. The molecule has 5 nitrogen and oxygen atoms in total. The molecule has 2 aromatic rings. The molecule has 1 aliphatic heterocycles. The zero-order valence-corrected chi connectivity index (χ0v) is 14.7. The average Bonchev–Trinajstić information content (AvgIpc) is 2.69. The van der Waals surface area contributed by atoms with Crippen LogP contribution in [-0.4, -0.2) is 36.0 Å². The molecule has 2 N–H and O–H groups in total. The third-order valence-corrected chi connectivity index (χ3v) is 4.67. The first-order valence-corrected chi connectivity index (χ1v) is 9.02. The summed E-state index contributed by atoms with van der Waals surface area (Å²) < 4.78 is 0. The summed E-state index contributed by atoms with van der Waals surface area (Å²) in [7, 11) is 0. The molecule has 0 aromatic heterocycles. The van der Waals surface area contributed by atoms with Gasteiger partial charge in [-0.2, -0.15) is 0 Å². The standard InChI is InChI=1S/C21H24N2O3/c24-21(25)18-12-7-14-22-19(18)13-15-26-23-20(16-8-3-1-4-9-16)17-10-5-2-6-11-17/h1-6,8-11,18-19,22H,7,12-15H2,(H,24,25). The van der Waals surface area contributed by atoms with Gasteiger partial charge in [-0.3, -0.25) is 4.79 Å². The lowest BCUT2D eigenvalue weighted by Gasteiger charge is -2.29. The Balaban J connectivity index is 1.66. The number of nitrogens with one attached hydrogen (secondary N) is 1. The molecule has 2 aromatic carbocycles. The van der Waals surface area contributed by atoms with Crippen LogP contribution in [-0.2, 0) is 9.63 Å². The molecular formula is C21H24N2O3. The minimum absolute atomic E-state index is 0.0617. The van der Waals surface area contributed by atoms with Crippen LogP contribution in [0.3, 0.4) is 0 Å². The molecule has 26 heavy (non-hydrogen) atoms. The predicted molar refractivity (Wildman–Crippen MR) is 101 cm³/mol. The van der Waals surface area contributed by atoms with Crippen LogP contribution >= 0.6 is 0 Å². The van der Waals surface area contributed by atoms with Gasteiger partial charge < -0.3 is 15.3 Å². The molecule has 3 rings (SSSR count). The summed E-state index contributed by atoms with van der Waals surface area (Å²) in [4.78, 5) is 17.0. The van der Waals surface area contributed by atoms with Crippen LogP contribution in [0.1, 0.15) is 30.4 Å². The van der Waals surface area contributed by atoms with E-state index < -0.39 is 5.97 Å². The van der Waals surface area contributed by atoms with E-state index >= 15 is 0 Å². The molecule has 0 aliphatic carbocycles. The highest BCUT2D eigenvalue weighted by Gasteiger charge is 2.30. The second-order valence-electron chi connectivity index (χ2n) is 6.44. The monoisotopic (exact) mass is 352 g/mol. The topological polar surface area (TPSA) is 70.9 Å². The fourth-order valence-electron chi connectivity index (χ4n) is 3.31. The van der Waals surface area contributed by atoms with Gasteiger partial charge in [-0.25, -0.2) is 0 Å². The summed E-state index contributed by atoms with van der Waals surface area (Å²) in [6.07, 6.45) is 2.24. The molecule has 2 unspecified atom stereocenters. The third-order valence-electron chi connectivity index (χ3n) is 4.67. The van der Waals surface area contributed by atoms with Crippen LogP contribution in [0.15, 0.2) is 65.8 Å².